The van der Waals surface area contributed by atoms with Crippen molar-refractivity contribution in [1.82, 2.24) is 0 Å². The lowest BCUT2D eigenvalue weighted by atomic mass is 9.89. The number of carbonyl (C=O) groups is 4. The third kappa shape index (κ3) is 8.97. The Morgan fingerprint density at radius 1 is 0.846 bits per heavy atom. The van der Waals surface area contributed by atoms with E-state index in [2.05, 4.69) is 10.0 Å². The Morgan fingerprint density at radius 2 is 1.37 bits per heavy atom. The van der Waals surface area contributed by atoms with Gasteiger partial charge in [0.1, 0.15) is 18.2 Å². The van der Waals surface area contributed by atoms with Gasteiger partial charge in [-0.3, -0.25) is 0 Å². The second-order valence-corrected chi connectivity index (χ2v) is 13.0. The predicted octanol–water partition coefficient (Wildman–Crippen LogP) is 6.09. The van der Waals surface area contributed by atoms with Gasteiger partial charge in [-0.05, 0) is 61.0 Å². The molecule has 0 aliphatic carbocycles. The molecule has 1 N–H and O–H groups in total. The van der Waals surface area contributed by atoms with Crippen LogP contribution in [0.3, 0.4) is 0 Å². The van der Waals surface area contributed by atoms with Crippen LogP contribution < -0.4 is 0 Å². The molecule has 4 aromatic carbocycles. The quantitative estimate of drug-likeness (QED) is 0.0553. The van der Waals surface area contributed by atoms with Crippen LogP contribution in [0.1, 0.15) is 43.1 Å². The van der Waals surface area contributed by atoms with Gasteiger partial charge in [0.15, 0.2) is 12.2 Å². The molecule has 4 aromatic rings. The molecule has 6 atom stereocenters. The summed E-state index contributed by atoms with van der Waals surface area (Å²) in [4.78, 5) is 55.9. The van der Waals surface area contributed by atoms with Crippen LogP contribution in [0.4, 0.5) is 0 Å². The number of hydrogen-bond donors (Lipinski definition) is 1. The molecule has 13 nitrogen and oxygen atoms in total. The highest BCUT2D eigenvalue weighted by molar-refractivity contribution is 8.01. The van der Waals surface area contributed by atoms with Gasteiger partial charge in [-0.25, -0.2) is 19.2 Å². The van der Waals surface area contributed by atoms with Crippen molar-refractivity contribution in [1.29, 1.82) is 0 Å². The molecule has 1 heterocycles. The topological polar surface area (TPSA) is 183 Å². The molecule has 268 valence electrons. The molecule has 1 aliphatic rings. The van der Waals surface area contributed by atoms with Crippen LogP contribution in [0.25, 0.3) is 10.4 Å². The maximum absolute atomic E-state index is 13.9. The fourth-order valence-corrected chi connectivity index (χ4v) is 6.81. The zero-order valence-corrected chi connectivity index (χ0v) is 29.0. The Balaban J connectivity index is 1.65. The second kappa shape index (κ2) is 17.5. The molecule has 1 saturated heterocycles. The number of thioether (sulfide) groups is 1. The lowest BCUT2D eigenvalue weighted by molar-refractivity contribution is -0.203. The number of aliphatic hydroxyl groups excluding tert-OH is 1. The highest BCUT2D eigenvalue weighted by atomic mass is 32.2. The molecule has 0 aromatic heterocycles. The summed E-state index contributed by atoms with van der Waals surface area (Å²) in [6.45, 7) is 0.984. The lowest BCUT2D eigenvalue weighted by Crippen LogP contribution is -2.63. The summed E-state index contributed by atoms with van der Waals surface area (Å²) in [6.07, 6.45) is -6.86. The van der Waals surface area contributed by atoms with Crippen molar-refractivity contribution in [2.75, 3.05) is 13.7 Å². The highest BCUT2D eigenvalue weighted by Crippen LogP contribution is 2.47. The van der Waals surface area contributed by atoms with Gasteiger partial charge in [0.2, 0.25) is 4.93 Å². The summed E-state index contributed by atoms with van der Waals surface area (Å²) in [7, 11) is 1.15. The van der Waals surface area contributed by atoms with E-state index in [0.29, 0.717) is 4.90 Å². The lowest BCUT2D eigenvalue weighted by Gasteiger charge is -2.47. The van der Waals surface area contributed by atoms with Crippen molar-refractivity contribution in [2.45, 2.75) is 53.6 Å². The monoisotopic (exact) mass is 725 g/mol. The van der Waals surface area contributed by atoms with E-state index in [1.165, 1.54) is 36.4 Å². The first kappa shape index (κ1) is 37.6. The number of ether oxygens (including phenoxy) is 5. The largest absolute Gasteiger partial charge is 0.466 e. The maximum Gasteiger partial charge on any atom is 0.349 e. The van der Waals surface area contributed by atoms with Crippen molar-refractivity contribution in [3.8, 4) is 0 Å². The number of nitrogens with zero attached hydrogens (tertiary/aromatic N) is 3. The summed E-state index contributed by atoms with van der Waals surface area (Å²) >= 11 is 0.933. The second-order valence-electron chi connectivity index (χ2n) is 11.7. The van der Waals surface area contributed by atoms with Crippen LogP contribution >= 0.6 is 11.8 Å². The van der Waals surface area contributed by atoms with Gasteiger partial charge in [0.05, 0.1) is 30.4 Å². The molecule has 52 heavy (non-hydrogen) atoms. The van der Waals surface area contributed by atoms with Crippen LogP contribution in [0.5, 0.6) is 0 Å². The molecule has 0 unspecified atom stereocenters. The SMILES string of the molecule is COC(=O)[C@@]1(Sc2ccc(C)cc2)C[C@H](OC(=O)c2ccccc2)[C@@H](N=[N+]=[N-])[C@H]([C@H](OC(=O)c2ccccc2)[C@@H](CO)OC(=O)c2ccccc2)O1. The zero-order valence-electron chi connectivity index (χ0n) is 28.1. The number of esters is 4. The summed E-state index contributed by atoms with van der Waals surface area (Å²) in [5, 5.41) is 14.6. The molecule has 1 aliphatic heterocycles. The standard InChI is InChI=1S/C38H35N3O10S/c1-24-18-20-28(21-19-24)52-38(37(46)47-2)22-29(48-34(43)25-12-6-3-7-13-25)31(40-41-39)33(51-38)32(50-36(45)27-16-10-5-11-17-27)30(23-42)49-35(44)26-14-8-4-9-15-26/h3-21,29-33,42H,22-23H2,1-2H3/t29-,30+,31+,32+,33+,38-/m0/s1. The van der Waals surface area contributed by atoms with Crippen molar-refractivity contribution in [3.63, 3.8) is 0 Å². The summed E-state index contributed by atoms with van der Waals surface area (Å²) in [6, 6.07) is 29.4. The molecule has 0 radical (unpaired) electrons. The normalized spacial score (nSPS) is 20.6. The van der Waals surface area contributed by atoms with Gasteiger partial charge >= 0.3 is 23.9 Å². The summed E-state index contributed by atoms with van der Waals surface area (Å²) in [5.41, 5.74) is 11.1. The maximum atomic E-state index is 13.9. The predicted molar refractivity (Wildman–Crippen MR) is 188 cm³/mol. The van der Waals surface area contributed by atoms with E-state index in [1.54, 1.807) is 66.7 Å². The molecular formula is C38H35N3O10S. The molecule has 0 bridgehead atoms. The fraction of sp³-hybridized carbons (Fsp3) is 0.263. The Labute approximate surface area is 303 Å². The van der Waals surface area contributed by atoms with E-state index >= 15 is 0 Å². The van der Waals surface area contributed by atoms with Crippen molar-refractivity contribution in [2.24, 2.45) is 5.11 Å². The Morgan fingerprint density at radius 3 is 1.87 bits per heavy atom. The van der Waals surface area contributed by atoms with Gasteiger partial charge < -0.3 is 28.8 Å². The first-order valence-corrected chi connectivity index (χ1v) is 16.9. The van der Waals surface area contributed by atoms with Gasteiger partial charge in [0, 0.05) is 16.2 Å². The van der Waals surface area contributed by atoms with Gasteiger partial charge in [-0.15, -0.1) is 0 Å². The van der Waals surface area contributed by atoms with E-state index in [-0.39, 0.29) is 23.1 Å². The Kier molecular flexibility index (Phi) is 12.7. The van der Waals surface area contributed by atoms with Crippen molar-refractivity contribution >= 4 is 35.6 Å². The van der Waals surface area contributed by atoms with E-state index in [9.17, 15) is 29.8 Å². The number of methoxy groups -OCH3 is 1. The van der Waals surface area contributed by atoms with Gasteiger partial charge in [-0.1, -0.05) is 89.2 Å². The number of carbonyl (C=O) groups excluding carboxylic acids is 4. The number of rotatable bonds is 13. The Bertz CT molecular complexity index is 1890. The molecular weight excluding hydrogens is 690 g/mol. The zero-order chi connectivity index (χ0) is 37.1. The van der Waals surface area contributed by atoms with Crippen LogP contribution in [0.2, 0.25) is 0 Å². The highest BCUT2D eigenvalue weighted by Gasteiger charge is 2.58. The number of aliphatic hydroxyl groups is 1. The molecule has 5 rings (SSSR count). The van der Waals surface area contributed by atoms with Gasteiger partial charge in [0.25, 0.3) is 0 Å². The fourth-order valence-electron chi connectivity index (χ4n) is 5.59. The number of azide groups is 1. The van der Waals surface area contributed by atoms with Crippen LogP contribution in [0, 0.1) is 6.92 Å². The first-order chi connectivity index (χ1) is 25.2. The number of benzene rings is 4. The molecule has 0 saturated carbocycles. The van der Waals surface area contributed by atoms with E-state index < -0.39 is 65.9 Å². The average molecular weight is 726 g/mol. The van der Waals surface area contributed by atoms with E-state index in [0.717, 1.165) is 24.4 Å². The third-order valence-corrected chi connectivity index (χ3v) is 9.42. The number of hydrogen-bond acceptors (Lipinski definition) is 12. The van der Waals surface area contributed by atoms with Crippen LogP contribution in [-0.4, -0.2) is 78.1 Å². The van der Waals surface area contributed by atoms with E-state index in [4.69, 9.17) is 23.7 Å². The smallest absolute Gasteiger partial charge is 0.349 e. The van der Waals surface area contributed by atoms with Crippen molar-refractivity contribution < 1.29 is 48.0 Å². The van der Waals surface area contributed by atoms with E-state index in [1.807, 2.05) is 19.1 Å². The molecule has 14 heteroatoms. The average Bonchev–Trinajstić information content (AvgIpc) is 3.18. The number of aryl methyl sites for hydroxylation is 1. The molecule has 1 fully saturated rings. The minimum absolute atomic E-state index is 0.0926. The third-order valence-electron chi connectivity index (χ3n) is 8.16. The molecule has 0 amide bonds. The molecule has 0 spiro atoms. The summed E-state index contributed by atoms with van der Waals surface area (Å²) in [5.74, 6) is -3.51. The first-order valence-electron chi connectivity index (χ1n) is 16.1. The summed E-state index contributed by atoms with van der Waals surface area (Å²) < 4.78 is 29.5. The van der Waals surface area contributed by atoms with Gasteiger partial charge in [-0.2, -0.15) is 0 Å². The van der Waals surface area contributed by atoms with Crippen LogP contribution in [0.15, 0.2) is 125 Å². The minimum Gasteiger partial charge on any atom is -0.466 e. The van der Waals surface area contributed by atoms with Crippen molar-refractivity contribution in [3.05, 3.63) is 148 Å². The minimum atomic E-state index is -2.02. The van der Waals surface area contributed by atoms with Crippen LogP contribution in [-0.2, 0) is 28.5 Å². The Hall–Kier alpha value is -5.66.